The molecule has 0 rings (SSSR count). The molecule has 1 unspecified atom stereocenters. The lowest BCUT2D eigenvalue weighted by atomic mass is 10.3. The van der Waals surface area contributed by atoms with Gasteiger partial charge >= 0.3 is 0 Å². The van der Waals surface area contributed by atoms with Gasteiger partial charge in [-0.15, -0.1) is 0 Å². The van der Waals surface area contributed by atoms with Gasteiger partial charge in [0.05, 0.1) is 19.5 Å². The summed E-state index contributed by atoms with van der Waals surface area (Å²) < 4.78 is 0. The standard InChI is InChI=1S/C12H28N2OSi/c1-7-11(13-14(5)6)12(15)16(8-2,9-3)10-4/h12,15H,7-10H2,1-6H3. The molecule has 0 aliphatic rings. The van der Waals surface area contributed by atoms with Crippen molar-refractivity contribution in [2.45, 2.75) is 58.0 Å². The van der Waals surface area contributed by atoms with Crippen molar-refractivity contribution in [3.8, 4) is 0 Å². The van der Waals surface area contributed by atoms with Crippen LogP contribution in [0.3, 0.4) is 0 Å². The van der Waals surface area contributed by atoms with E-state index in [9.17, 15) is 5.11 Å². The number of hydrogen-bond donors (Lipinski definition) is 1. The predicted octanol–water partition coefficient (Wildman–Crippen LogP) is 2.72. The van der Waals surface area contributed by atoms with Crippen LogP contribution in [0.5, 0.6) is 0 Å². The molecule has 0 bridgehead atoms. The van der Waals surface area contributed by atoms with E-state index in [1.807, 2.05) is 14.1 Å². The van der Waals surface area contributed by atoms with Crippen LogP contribution in [-0.4, -0.2) is 43.7 Å². The smallest absolute Gasteiger partial charge is 0.0938 e. The zero-order valence-electron chi connectivity index (χ0n) is 11.7. The van der Waals surface area contributed by atoms with Crippen molar-refractivity contribution < 1.29 is 5.11 Å². The summed E-state index contributed by atoms with van der Waals surface area (Å²) in [5, 5.41) is 16.8. The molecule has 0 fully saturated rings. The molecule has 0 radical (unpaired) electrons. The summed E-state index contributed by atoms with van der Waals surface area (Å²) in [6.07, 6.45) is 0.841. The van der Waals surface area contributed by atoms with Crippen LogP contribution >= 0.6 is 0 Å². The van der Waals surface area contributed by atoms with Crippen LogP contribution in [0.25, 0.3) is 0 Å². The molecule has 0 spiro atoms. The first-order chi connectivity index (χ1) is 7.47. The molecule has 0 amide bonds. The molecule has 16 heavy (non-hydrogen) atoms. The van der Waals surface area contributed by atoms with Gasteiger partial charge in [0.25, 0.3) is 0 Å². The van der Waals surface area contributed by atoms with Gasteiger partial charge in [0.2, 0.25) is 0 Å². The summed E-state index contributed by atoms with van der Waals surface area (Å²) in [7, 11) is 2.25. The van der Waals surface area contributed by atoms with Gasteiger partial charge in [-0.05, 0) is 6.42 Å². The maximum Gasteiger partial charge on any atom is 0.0938 e. The van der Waals surface area contributed by atoms with Crippen LogP contribution < -0.4 is 0 Å². The third-order valence-electron chi connectivity index (χ3n) is 3.70. The minimum absolute atomic E-state index is 0.278. The molecule has 0 aliphatic carbocycles. The van der Waals surface area contributed by atoms with Crippen LogP contribution in [0, 0.1) is 0 Å². The van der Waals surface area contributed by atoms with E-state index in [1.54, 1.807) is 5.01 Å². The van der Waals surface area contributed by atoms with E-state index in [0.29, 0.717) is 0 Å². The number of aliphatic hydroxyl groups is 1. The molecule has 1 N–H and O–H groups in total. The van der Waals surface area contributed by atoms with Gasteiger partial charge in [0.15, 0.2) is 0 Å². The normalized spacial score (nSPS) is 15.1. The van der Waals surface area contributed by atoms with Crippen molar-refractivity contribution in [3.05, 3.63) is 0 Å². The van der Waals surface area contributed by atoms with Crippen LogP contribution in [-0.2, 0) is 0 Å². The molecule has 0 aromatic carbocycles. The second-order valence-corrected chi connectivity index (χ2v) is 10.0. The van der Waals surface area contributed by atoms with Crippen molar-refractivity contribution in [1.29, 1.82) is 0 Å². The Labute approximate surface area is 102 Å². The number of rotatable bonds is 7. The minimum Gasteiger partial charge on any atom is -0.391 e. The molecule has 0 saturated heterocycles. The summed E-state index contributed by atoms with van der Waals surface area (Å²) in [4.78, 5) is 0. The summed E-state index contributed by atoms with van der Waals surface area (Å²) >= 11 is 0. The highest BCUT2D eigenvalue weighted by atomic mass is 28.3. The molecule has 0 saturated carbocycles. The van der Waals surface area contributed by atoms with E-state index < -0.39 is 8.07 Å². The highest BCUT2D eigenvalue weighted by Crippen LogP contribution is 2.26. The van der Waals surface area contributed by atoms with Crippen molar-refractivity contribution in [3.63, 3.8) is 0 Å². The lowest BCUT2D eigenvalue weighted by Crippen LogP contribution is -2.50. The van der Waals surface area contributed by atoms with Crippen molar-refractivity contribution in [2.24, 2.45) is 5.10 Å². The lowest BCUT2D eigenvalue weighted by molar-refractivity contribution is 0.296. The third kappa shape index (κ3) is 3.59. The molecule has 4 heteroatoms. The zero-order chi connectivity index (χ0) is 12.8. The quantitative estimate of drug-likeness (QED) is 0.425. The molecule has 0 aromatic heterocycles. The van der Waals surface area contributed by atoms with Crippen LogP contribution in [0.1, 0.15) is 34.1 Å². The van der Waals surface area contributed by atoms with Crippen LogP contribution in [0.4, 0.5) is 0 Å². The van der Waals surface area contributed by atoms with Gasteiger partial charge < -0.3 is 10.1 Å². The fourth-order valence-corrected chi connectivity index (χ4v) is 5.89. The molecule has 0 aromatic rings. The fourth-order valence-electron chi connectivity index (χ4n) is 2.26. The van der Waals surface area contributed by atoms with Gasteiger partial charge in [-0.3, -0.25) is 0 Å². The van der Waals surface area contributed by atoms with E-state index in [0.717, 1.165) is 30.3 Å². The maximum absolute atomic E-state index is 10.6. The number of hydrazone groups is 1. The Kier molecular flexibility index (Phi) is 6.91. The molecular formula is C12H28N2OSi. The van der Waals surface area contributed by atoms with Crippen molar-refractivity contribution in [2.75, 3.05) is 14.1 Å². The van der Waals surface area contributed by atoms with Crippen molar-refractivity contribution in [1.82, 2.24) is 5.01 Å². The Morgan fingerprint density at radius 2 is 1.56 bits per heavy atom. The first-order valence-corrected chi connectivity index (χ1v) is 9.09. The highest BCUT2D eigenvalue weighted by Gasteiger charge is 2.37. The first kappa shape index (κ1) is 15.6. The van der Waals surface area contributed by atoms with Crippen LogP contribution in [0.2, 0.25) is 18.1 Å². The van der Waals surface area contributed by atoms with Crippen LogP contribution in [0.15, 0.2) is 5.10 Å². The molecular weight excluding hydrogens is 216 g/mol. The number of aliphatic hydroxyl groups excluding tert-OH is 1. The Morgan fingerprint density at radius 3 is 1.81 bits per heavy atom. The van der Waals surface area contributed by atoms with Gasteiger partial charge in [0.1, 0.15) is 0 Å². The molecule has 0 heterocycles. The zero-order valence-corrected chi connectivity index (χ0v) is 12.7. The van der Waals surface area contributed by atoms with E-state index in [4.69, 9.17) is 0 Å². The maximum atomic E-state index is 10.6. The van der Waals surface area contributed by atoms with Gasteiger partial charge in [-0.1, -0.05) is 45.8 Å². The summed E-state index contributed by atoms with van der Waals surface area (Å²) in [6.45, 7) is 8.72. The average molecular weight is 244 g/mol. The van der Waals surface area contributed by atoms with E-state index in [2.05, 4.69) is 32.8 Å². The topological polar surface area (TPSA) is 35.8 Å². The largest absolute Gasteiger partial charge is 0.391 e. The minimum atomic E-state index is -1.57. The van der Waals surface area contributed by atoms with E-state index in [-0.39, 0.29) is 5.73 Å². The Hall–Kier alpha value is -0.353. The Balaban J connectivity index is 5.03. The average Bonchev–Trinajstić information content (AvgIpc) is 2.28. The molecule has 3 nitrogen and oxygen atoms in total. The van der Waals surface area contributed by atoms with E-state index >= 15 is 0 Å². The molecule has 0 aliphatic heterocycles. The fraction of sp³-hybridized carbons (Fsp3) is 0.917. The lowest BCUT2D eigenvalue weighted by Gasteiger charge is -2.34. The summed E-state index contributed by atoms with van der Waals surface area (Å²) in [5.74, 6) is 0. The summed E-state index contributed by atoms with van der Waals surface area (Å²) in [5.41, 5.74) is 0.683. The molecule has 96 valence electrons. The second kappa shape index (κ2) is 7.07. The van der Waals surface area contributed by atoms with Gasteiger partial charge in [-0.2, -0.15) is 5.10 Å². The predicted molar refractivity (Wildman–Crippen MR) is 74.6 cm³/mol. The highest BCUT2D eigenvalue weighted by molar-refractivity contribution is 6.83. The van der Waals surface area contributed by atoms with Crippen molar-refractivity contribution >= 4 is 13.8 Å². The first-order valence-electron chi connectivity index (χ1n) is 6.40. The third-order valence-corrected chi connectivity index (χ3v) is 9.42. The SMILES string of the molecule is CCC(=NN(C)C)C(O)[Si](CC)(CC)CC. The Morgan fingerprint density at radius 1 is 1.12 bits per heavy atom. The number of nitrogens with zero attached hydrogens (tertiary/aromatic N) is 2. The molecule has 1 atom stereocenters. The van der Waals surface area contributed by atoms with Gasteiger partial charge in [0, 0.05) is 14.1 Å². The summed E-state index contributed by atoms with van der Waals surface area (Å²) in [6, 6.07) is 3.40. The monoisotopic (exact) mass is 244 g/mol. The Bertz CT molecular complexity index is 217. The second-order valence-electron chi connectivity index (χ2n) is 4.62. The van der Waals surface area contributed by atoms with E-state index in [1.165, 1.54) is 0 Å². The number of hydrogen-bond acceptors (Lipinski definition) is 3. The van der Waals surface area contributed by atoms with Gasteiger partial charge in [-0.25, -0.2) is 0 Å².